The molecule has 9 heteroatoms. The van der Waals surface area contributed by atoms with Gasteiger partial charge in [-0.25, -0.2) is 0 Å². The highest BCUT2D eigenvalue weighted by molar-refractivity contribution is 5.86. The number of carbonyl (C=O) groups excluding carboxylic acids is 2. The van der Waals surface area contributed by atoms with Gasteiger partial charge in [0.1, 0.15) is 0 Å². The molecule has 6 nitrogen and oxygen atoms in total. The van der Waals surface area contributed by atoms with Gasteiger partial charge in [0.2, 0.25) is 18.6 Å². The number of aryl methyl sites for hydroxylation is 2. The largest absolute Gasteiger partial charge is 0.454 e. The zero-order valence-electron chi connectivity index (χ0n) is 21.3. The van der Waals surface area contributed by atoms with Gasteiger partial charge in [-0.15, -0.1) is 0 Å². The molecule has 204 valence electrons. The van der Waals surface area contributed by atoms with Crippen molar-refractivity contribution in [3.8, 4) is 11.5 Å². The minimum Gasteiger partial charge on any atom is -0.454 e. The Morgan fingerprint density at radius 1 is 0.872 bits per heavy atom. The number of carbonyl (C=O) groups is 2. The fourth-order valence-electron chi connectivity index (χ4n) is 5.06. The number of ether oxygens (including phenoxy) is 2. The number of fused-ring (bicyclic) bond motifs is 1. The van der Waals surface area contributed by atoms with Crippen molar-refractivity contribution in [1.29, 1.82) is 0 Å². The summed E-state index contributed by atoms with van der Waals surface area (Å²) in [4.78, 5) is 29.7. The smallest absolute Gasteiger partial charge is 0.416 e. The van der Waals surface area contributed by atoms with E-state index in [2.05, 4.69) is 0 Å². The van der Waals surface area contributed by atoms with Crippen LogP contribution in [-0.4, -0.2) is 47.5 Å². The van der Waals surface area contributed by atoms with Gasteiger partial charge in [-0.05, 0) is 60.2 Å². The quantitative estimate of drug-likeness (QED) is 0.394. The van der Waals surface area contributed by atoms with Gasteiger partial charge < -0.3 is 19.3 Å². The first kappa shape index (κ1) is 26.6. The number of piperazine rings is 1. The first-order chi connectivity index (χ1) is 18.8. The van der Waals surface area contributed by atoms with Crippen molar-refractivity contribution in [1.82, 2.24) is 9.80 Å². The molecule has 1 saturated heterocycles. The predicted molar refractivity (Wildman–Crippen MR) is 138 cm³/mol. The third-order valence-electron chi connectivity index (χ3n) is 7.15. The summed E-state index contributed by atoms with van der Waals surface area (Å²) in [6.45, 7) is 0.467. The zero-order chi connectivity index (χ0) is 27.4. The molecule has 2 heterocycles. The van der Waals surface area contributed by atoms with Crippen LogP contribution in [0.3, 0.4) is 0 Å². The van der Waals surface area contributed by atoms with Gasteiger partial charge in [0.05, 0.1) is 18.2 Å². The first-order valence-corrected chi connectivity index (χ1v) is 12.9. The standard InChI is InChI=1S/C30H29F3N2O4/c31-30(32,33)24-8-4-7-23(15-24)17-35-25(12-9-21-5-2-1-3-6-21)18-34(19-29(35)37)28(36)14-11-22-10-13-26-27(16-22)39-20-38-26/h1-8,10,13,15-16,25H,9,11-12,14,17-20H2/t25-/m0/s1. The number of halogens is 3. The minimum atomic E-state index is -4.46. The van der Waals surface area contributed by atoms with Crippen LogP contribution in [0.5, 0.6) is 11.5 Å². The molecular weight excluding hydrogens is 509 g/mol. The predicted octanol–water partition coefficient (Wildman–Crippen LogP) is 5.24. The van der Waals surface area contributed by atoms with E-state index < -0.39 is 11.7 Å². The van der Waals surface area contributed by atoms with E-state index in [0.717, 1.165) is 23.3 Å². The Balaban J connectivity index is 1.28. The van der Waals surface area contributed by atoms with Gasteiger partial charge in [-0.1, -0.05) is 48.5 Å². The van der Waals surface area contributed by atoms with Gasteiger partial charge in [0.25, 0.3) is 0 Å². The average molecular weight is 539 g/mol. The molecule has 0 aliphatic carbocycles. The lowest BCUT2D eigenvalue weighted by Crippen LogP contribution is -2.57. The average Bonchev–Trinajstić information content (AvgIpc) is 3.40. The van der Waals surface area contributed by atoms with Crippen LogP contribution in [0.1, 0.15) is 35.1 Å². The number of rotatable bonds is 8. The number of alkyl halides is 3. The molecule has 2 aliphatic rings. The maximum absolute atomic E-state index is 13.3. The van der Waals surface area contributed by atoms with Gasteiger partial charge in [0, 0.05) is 19.5 Å². The van der Waals surface area contributed by atoms with Gasteiger partial charge in [-0.3, -0.25) is 9.59 Å². The summed E-state index contributed by atoms with van der Waals surface area (Å²) >= 11 is 0. The number of benzene rings is 3. The molecule has 1 fully saturated rings. The van der Waals surface area contributed by atoms with Gasteiger partial charge in [0.15, 0.2) is 11.5 Å². The summed E-state index contributed by atoms with van der Waals surface area (Å²) in [5, 5.41) is 0. The van der Waals surface area contributed by atoms with E-state index in [0.29, 0.717) is 42.9 Å². The summed E-state index contributed by atoms with van der Waals surface area (Å²) in [7, 11) is 0. The second kappa shape index (κ2) is 11.4. The van der Waals surface area contributed by atoms with Crippen LogP contribution in [0.2, 0.25) is 0 Å². The van der Waals surface area contributed by atoms with Crippen LogP contribution in [0.25, 0.3) is 0 Å². The molecule has 2 aliphatic heterocycles. The van der Waals surface area contributed by atoms with E-state index in [1.54, 1.807) is 15.9 Å². The summed E-state index contributed by atoms with van der Waals surface area (Å²) < 4.78 is 50.6. The van der Waals surface area contributed by atoms with Gasteiger partial charge >= 0.3 is 6.18 Å². The fraction of sp³-hybridized carbons (Fsp3) is 0.333. The van der Waals surface area contributed by atoms with Crippen LogP contribution in [-0.2, 0) is 35.2 Å². The SMILES string of the molecule is O=C(CCc1ccc2c(c1)OCO2)N1CC(=O)N(Cc2cccc(C(F)(F)F)c2)[C@@H](CCc2ccccc2)C1. The summed E-state index contributed by atoms with van der Waals surface area (Å²) in [6, 6.07) is 20.1. The van der Waals surface area contributed by atoms with Crippen LogP contribution in [0.15, 0.2) is 72.8 Å². The molecular formula is C30H29F3N2O4. The molecule has 5 rings (SSSR count). The van der Waals surface area contributed by atoms with Crippen LogP contribution >= 0.6 is 0 Å². The van der Waals surface area contributed by atoms with Crippen molar-refractivity contribution in [2.24, 2.45) is 0 Å². The molecule has 0 spiro atoms. The van der Waals surface area contributed by atoms with Crippen LogP contribution < -0.4 is 9.47 Å². The zero-order valence-corrected chi connectivity index (χ0v) is 21.3. The van der Waals surface area contributed by atoms with E-state index in [4.69, 9.17) is 9.47 Å². The second-order valence-electron chi connectivity index (χ2n) is 9.86. The van der Waals surface area contributed by atoms with E-state index in [-0.39, 0.29) is 44.2 Å². The molecule has 0 bridgehead atoms. The van der Waals surface area contributed by atoms with Crippen molar-refractivity contribution in [2.75, 3.05) is 19.9 Å². The molecule has 2 amide bonds. The summed E-state index contributed by atoms with van der Waals surface area (Å²) in [5.41, 5.74) is 1.69. The summed E-state index contributed by atoms with van der Waals surface area (Å²) in [5.74, 6) is 0.922. The lowest BCUT2D eigenvalue weighted by atomic mass is 9.99. The maximum Gasteiger partial charge on any atom is 0.416 e. The highest BCUT2D eigenvalue weighted by Gasteiger charge is 2.35. The molecule has 0 saturated carbocycles. The normalized spacial score (nSPS) is 17.0. The van der Waals surface area contributed by atoms with E-state index in [1.165, 1.54) is 6.07 Å². The van der Waals surface area contributed by atoms with Crippen LogP contribution in [0.4, 0.5) is 13.2 Å². The molecule has 39 heavy (non-hydrogen) atoms. The lowest BCUT2D eigenvalue weighted by Gasteiger charge is -2.41. The van der Waals surface area contributed by atoms with Crippen molar-refractivity contribution >= 4 is 11.8 Å². The Kier molecular flexibility index (Phi) is 7.77. The van der Waals surface area contributed by atoms with E-state index in [9.17, 15) is 22.8 Å². The highest BCUT2D eigenvalue weighted by Crippen LogP contribution is 2.33. The van der Waals surface area contributed by atoms with Crippen molar-refractivity contribution in [2.45, 2.75) is 44.4 Å². The third-order valence-corrected chi connectivity index (χ3v) is 7.15. The van der Waals surface area contributed by atoms with Crippen molar-refractivity contribution in [3.05, 3.63) is 95.1 Å². The number of amides is 2. The molecule has 3 aromatic rings. The van der Waals surface area contributed by atoms with E-state index >= 15 is 0 Å². The monoisotopic (exact) mass is 538 g/mol. The molecule has 0 radical (unpaired) electrons. The molecule has 0 aromatic heterocycles. The Morgan fingerprint density at radius 2 is 1.64 bits per heavy atom. The lowest BCUT2D eigenvalue weighted by molar-refractivity contribution is -0.149. The van der Waals surface area contributed by atoms with Crippen molar-refractivity contribution in [3.63, 3.8) is 0 Å². The minimum absolute atomic E-state index is 0.0570. The summed E-state index contributed by atoms with van der Waals surface area (Å²) in [6.07, 6.45) is -2.48. The van der Waals surface area contributed by atoms with Crippen LogP contribution in [0, 0.1) is 0 Å². The van der Waals surface area contributed by atoms with Gasteiger partial charge in [-0.2, -0.15) is 13.2 Å². The maximum atomic E-state index is 13.3. The Labute approximate surface area is 224 Å². The molecule has 0 N–H and O–H groups in total. The molecule has 0 unspecified atom stereocenters. The number of nitrogens with zero attached hydrogens (tertiary/aromatic N) is 2. The Hall–Kier alpha value is -4.01. The second-order valence-corrected chi connectivity index (χ2v) is 9.86. The topological polar surface area (TPSA) is 59.1 Å². The number of hydrogen-bond acceptors (Lipinski definition) is 4. The Bertz CT molecular complexity index is 1330. The number of hydrogen-bond donors (Lipinski definition) is 0. The van der Waals surface area contributed by atoms with E-state index in [1.807, 2.05) is 48.5 Å². The fourth-order valence-corrected chi connectivity index (χ4v) is 5.06. The molecule has 1 atom stereocenters. The van der Waals surface area contributed by atoms with Crippen molar-refractivity contribution < 1.29 is 32.2 Å². The molecule has 3 aromatic carbocycles. The third kappa shape index (κ3) is 6.53. The highest BCUT2D eigenvalue weighted by atomic mass is 19.4. The Morgan fingerprint density at radius 3 is 2.44 bits per heavy atom. The first-order valence-electron chi connectivity index (χ1n) is 12.9.